The SMILES string of the molecule is COC(=O)c1cc(S(=O)(=O)O)c(Cl)cc1N. The highest BCUT2D eigenvalue weighted by atomic mass is 35.5. The van der Waals surface area contributed by atoms with Crippen LogP contribution in [0.25, 0.3) is 0 Å². The molecule has 6 nitrogen and oxygen atoms in total. The van der Waals surface area contributed by atoms with Crippen LogP contribution in [0.3, 0.4) is 0 Å². The summed E-state index contributed by atoms with van der Waals surface area (Å²) in [5.41, 5.74) is 5.23. The molecule has 8 heteroatoms. The molecule has 0 heterocycles. The van der Waals surface area contributed by atoms with Crippen LogP contribution in [0.2, 0.25) is 5.02 Å². The van der Waals surface area contributed by atoms with Gasteiger partial charge < -0.3 is 10.5 Å². The van der Waals surface area contributed by atoms with Gasteiger partial charge in [-0.05, 0) is 12.1 Å². The second kappa shape index (κ2) is 4.28. The molecule has 0 fully saturated rings. The molecule has 0 aliphatic heterocycles. The number of esters is 1. The lowest BCUT2D eigenvalue weighted by molar-refractivity contribution is 0.0601. The number of nitrogens with two attached hydrogens (primary N) is 1. The topological polar surface area (TPSA) is 107 Å². The second-order valence-corrected chi connectivity index (χ2v) is 4.63. The summed E-state index contributed by atoms with van der Waals surface area (Å²) in [4.78, 5) is 10.6. The first-order chi connectivity index (χ1) is 7.27. The van der Waals surface area contributed by atoms with Crippen LogP contribution in [0.1, 0.15) is 10.4 Å². The van der Waals surface area contributed by atoms with Gasteiger partial charge in [-0.2, -0.15) is 8.42 Å². The van der Waals surface area contributed by atoms with Crippen molar-refractivity contribution in [3.63, 3.8) is 0 Å². The molecule has 88 valence electrons. The Morgan fingerprint density at radius 3 is 2.50 bits per heavy atom. The van der Waals surface area contributed by atoms with E-state index in [0.717, 1.165) is 19.2 Å². The van der Waals surface area contributed by atoms with Gasteiger partial charge in [-0.1, -0.05) is 11.6 Å². The molecular weight excluding hydrogens is 258 g/mol. The van der Waals surface area contributed by atoms with Crippen molar-refractivity contribution in [1.82, 2.24) is 0 Å². The maximum atomic E-state index is 11.2. The van der Waals surface area contributed by atoms with E-state index in [9.17, 15) is 13.2 Å². The summed E-state index contributed by atoms with van der Waals surface area (Å²) >= 11 is 5.56. The molecule has 0 saturated heterocycles. The van der Waals surface area contributed by atoms with Gasteiger partial charge >= 0.3 is 5.97 Å². The first kappa shape index (κ1) is 12.8. The van der Waals surface area contributed by atoms with Crippen LogP contribution in [0.4, 0.5) is 5.69 Å². The Morgan fingerprint density at radius 2 is 2.06 bits per heavy atom. The molecule has 16 heavy (non-hydrogen) atoms. The van der Waals surface area contributed by atoms with Gasteiger partial charge in [-0.3, -0.25) is 4.55 Å². The second-order valence-electron chi connectivity index (χ2n) is 2.84. The fraction of sp³-hybridized carbons (Fsp3) is 0.125. The van der Waals surface area contributed by atoms with Crippen molar-refractivity contribution in [3.05, 3.63) is 22.7 Å². The monoisotopic (exact) mass is 265 g/mol. The number of nitrogen functional groups attached to an aromatic ring is 1. The Kier molecular flexibility index (Phi) is 3.41. The molecule has 0 bridgehead atoms. The smallest absolute Gasteiger partial charge is 0.340 e. The first-order valence-electron chi connectivity index (χ1n) is 3.92. The molecule has 0 aliphatic carbocycles. The summed E-state index contributed by atoms with van der Waals surface area (Å²) in [7, 11) is -3.40. The Morgan fingerprint density at radius 1 is 1.50 bits per heavy atom. The molecule has 0 amide bonds. The molecular formula is C8H8ClNO5S. The number of rotatable bonds is 2. The van der Waals surface area contributed by atoms with E-state index in [0.29, 0.717) is 0 Å². The van der Waals surface area contributed by atoms with Crippen molar-refractivity contribution in [2.75, 3.05) is 12.8 Å². The van der Waals surface area contributed by atoms with E-state index < -0.39 is 21.0 Å². The number of hydrogen-bond donors (Lipinski definition) is 2. The van der Waals surface area contributed by atoms with Crippen molar-refractivity contribution in [1.29, 1.82) is 0 Å². The summed E-state index contributed by atoms with van der Waals surface area (Å²) in [6.07, 6.45) is 0. The minimum Gasteiger partial charge on any atom is -0.465 e. The fourth-order valence-electron chi connectivity index (χ4n) is 1.05. The highest BCUT2D eigenvalue weighted by molar-refractivity contribution is 7.86. The van der Waals surface area contributed by atoms with Crippen molar-refractivity contribution >= 4 is 33.4 Å². The quantitative estimate of drug-likeness (QED) is 0.468. The maximum absolute atomic E-state index is 11.2. The zero-order chi connectivity index (χ0) is 12.5. The van der Waals surface area contributed by atoms with Gasteiger partial charge in [-0.25, -0.2) is 4.79 Å². The number of carbonyl (C=O) groups is 1. The molecule has 1 rings (SSSR count). The largest absolute Gasteiger partial charge is 0.465 e. The van der Waals surface area contributed by atoms with E-state index in [1.165, 1.54) is 0 Å². The lowest BCUT2D eigenvalue weighted by Crippen LogP contribution is -2.09. The minimum absolute atomic E-state index is 0.0377. The number of carbonyl (C=O) groups excluding carboxylic acids is 1. The number of methoxy groups -OCH3 is 1. The summed E-state index contributed by atoms with van der Waals surface area (Å²) in [5.74, 6) is -0.820. The van der Waals surface area contributed by atoms with Crippen LogP contribution in [0.5, 0.6) is 0 Å². The van der Waals surface area contributed by atoms with E-state index in [-0.39, 0.29) is 16.3 Å². The lowest BCUT2D eigenvalue weighted by Gasteiger charge is -2.07. The van der Waals surface area contributed by atoms with Gasteiger partial charge in [0.05, 0.1) is 17.7 Å². The van der Waals surface area contributed by atoms with Gasteiger partial charge in [-0.15, -0.1) is 0 Å². The zero-order valence-corrected chi connectivity index (χ0v) is 9.67. The molecule has 0 atom stereocenters. The Labute approximate surface area is 96.7 Å². The van der Waals surface area contributed by atoms with Gasteiger partial charge in [0.2, 0.25) is 0 Å². The van der Waals surface area contributed by atoms with Crippen molar-refractivity contribution in [2.24, 2.45) is 0 Å². The normalized spacial score (nSPS) is 11.2. The fourth-order valence-corrected chi connectivity index (χ4v) is 2.09. The van der Waals surface area contributed by atoms with Crippen LogP contribution in [-0.4, -0.2) is 26.0 Å². The van der Waals surface area contributed by atoms with Crippen molar-refractivity contribution < 1.29 is 22.5 Å². The third-order valence-electron chi connectivity index (χ3n) is 1.79. The Hall–Kier alpha value is -1.31. The van der Waals surface area contributed by atoms with Crippen LogP contribution in [0.15, 0.2) is 17.0 Å². The van der Waals surface area contributed by atoms with Crippen LogP contribution >= 0.6 is 11.6 Å². The average Bonchev–Trinajstić information content (AvgIpc) is 2.14. The summed E-state index contributed by atoms with van der Waals surface area (Å²) in [6.45, 7) is 0. The highest BCUT2D eigenvalue weighted by Crippen LogP contribution is 2.27. The predicted molar refractivity (Wildman–Crippen MR) is 57.0 cm³/mol. The van der Waals surface area contributed by atoms with Crippen LogP contribution < -0.4 is 5.73 Å². The predicted octanol–water partition coefficient (Wildman–Crippen LogP) is 0.956. The number of halogens is 1. The van der Waals surface area contributed by atoms with E-state index in [2.05, 4.69) is 4.74 Å². The number of ether oxygens (including phenoxy) is 1. The molecule has 0 saturated carbocycles. The van der Waals surface area contributed by atoms with Gasteiger partial charge in [0, 0.05) is 5.69 Å². The van der Waals surface area contributed by atoms with Crippen molar-refractivity contribution in [2.45, 2.75) is 4.90 Å². The molecule has 0 unspecified atom stereocenters. The highest BCUT2D eigenvalue weighted by Gasteiger charge is 2.20. The first-order valence-corrected chi connectivity index (χ1v) is 5.74. The maximum Gasteiger partial charge on any atom is 0.340 e. The van der Waals surface area contributed by atoms with E-state index in [1.807, 2.05) is 0 Å². The van der Waals surface area contributed by atoms with Gasteiger partial charge in [0.25, 0.3) is 10.1 Å². The molecule has 1 aromatic rings. The zero-order valence-electron chi connectivity index (χ0n) is 8.10. The number of hydrogen-bond acceptors (Lipinski definition) is 5. The molecule has 3 N–H and O–H groups in total. The summed E-state index contributed by atoms with van der Waals surface area (Å²) in [6, 6.07) is 1.91. The lowest BCUT2D eigenvalue weighted by atomic mass is 10.2. The standard InChI is InChI=1S/C8H8ClNO5S/c1-15-8(11)4-2-7(16(12,13)14)5(9)3-6(4)10/h2-3H,10H2,1H3,(H,12,13,14). The number of anilines is 1. The molecule has 0 radical (unpaired) electrons. The van der Waals surface area contributed by atoms with E-state index in [1.54, 1.807) is 0 Å². The van der Waals surface area contributed by atoms with Crippen LogP contribution in [-0.2, 0) is 14.9 Å². The van der Waals surface area contributed by atoms with Crippen molar-refractivity contribution in [3.8, 4) is 0 Å². The summed E-state index contributed by atoms with van der Waals surface area (Å²) < 4.78 is 35.0. The third kappa shape index (κ3) is 2.43. The Balaban J connectivity index is 3.51. The van der Waals surface area contributed by atoms with Crippen LogP contribution in [0, 0.1) is 0 Å². The molecule has 0 aliphatic rings. The molecule has 1 aromatic carbocycles. The summed E-state index contributed by atoms with van der Waals surface area (Å²) in [5, 5.41) is -0.271. The number of benzene rings is 1. The minimum atomic E-state index is -4.51. The van der Waals surface area contributed by atoms with Gasteiger partial charge in [0.1, 0.15) is 4.90 Å². The third-order valence-corrected chi connectivity index (χ3v) is 3.11. The molecule has 0 aromatic heterocycles. The Bertz CT molecular complexity index is 540. The average molecular weight is 266 g/mol. The van der Waals surface area contributed by atoms with E-state index >= 15 is 0 Å². The van der Waals surface area contributed by atoms with Gasteiger partial charge in [0.15, 0.2) is 0 Å². The van der Waals surface area contributed by atoms with E-state index in [4.69, 9.17) is 21.9 Å². The molecule has 0 spiro atoms.